The molecule has 3 N–H and O–H groups in total. The summed E-state index contributed by atoms with van der Waals surface area (Å²) in [5, 5.41) is 0. The highest BCUT2D eigenvalue weighted by Crippen LogP contribution is 2.48. The maximum Gasteiger partial charge on any atom is 0.0149 e. The van der Waals surface area contributed by atoms with E-state index in [1.807, 2.05) is 0 Å². The van der Waals surface area contributed by atoms with Crippen LogP contribution in [0.25, 0.3) is 0 Å². The second-order valence-corrected chi connectivity index (χ2v) is 3.65. The zero-order chi connectivity index (χ0) is 7.35. The molecule has 0 aromatic rings. The van der Waals surface area contributed by atoms with Gasteiger partial charge in [-0.05, 0) is 23.6 Å². The first-order chi connectivity index (χ1) is 4.62. The molecule has 1 nitrogen and oxygen atoms in total. The van der Waals surface area contributed by atoms with Crippen LogP contribution in [0.4, 0.5) is 0 Å². The van der Waals surface area contributed by atoms with Gasteiger partial charge in [0, 0.05) is 5.41 Å². The first-order valence-corrected chi connectivity index (χ1v) is 3.74. The topological polar surface area (TPSA) is 35.0 Å². The van der Waals surface area contributed by atoms with Crippen LogP contribution < -0.4 is 6.15 Å². The predicted molar refractivity (Wildman–Crippen MR) is 48.7 cm³/mol. The summed E-state index contributed by atoms with van der Waals surface area (Å²) in [6.07, 6.45) is 6.75. The van der Waals surface area contributed by atoms with E-state index in [-0.39, 0.29) is 6.15 Å². The van der Waals surface area contributed by atoms with Gasteiger partial charge in [0.15, 0.2) is 0 Å². The lowest BCUT2D eigenvalue weighted by Crippen LogP contribution is -2.07. The fourth-order valence-corrected chi connectivity index (χ4v) is 1.91. The van der Waals surface area contributed by atoms with Gasteiger partial charge >= 0.3 is 0 Å². The average molecular weight is 149 g/mol. The van der Waals surface area contributed by atoms with Crippen LogP contribution in [0.3, 0.4) is 0 Å². The molecular weight excluding hydrogens is 134 g/mol. The Bertz CT molecular complexity index is 277. The van der Waals surface area contributed by atoms with Crippen LogP contribution in [0.15, 0.2) is 34.9 Å². The third-order valence-electron chi connectivity index (χ3n) is 2.62. The molecule has 11 heavy (non-hydrogen) atoms. The lowest BCUT2D eigenvalue weighted by atomic mass is 9.86. The summed E-state index contributed by atoms with van der Waals surface area (Å²) in [6.45, 7) is 6.75. The minimum atomic E-state index is 0. The summed E-state index contributed by atoms with van der Waals surface area (Å²) in [5.74, 6) is 0. The van der Waals surface area contributed by atoms with Crippen LogP contribution in [-0.2, 0) is 0 Å². The molecule has 0 aliphatic heterocycles. The van der Waals surface area contributed by atoms with Gasteiger partial charge in [-0.25, -0.2) is 0 Å². The standard InChI is InChI=1S/C10H12.H3N/c1-7-6-8-4-5-9(7)10(8,2)3;/h4-6H,1-3H3;1H3. The Balaban J connectivity index is 0.000000605. The van der Waals surface area contributed by atoms with Gasteiger partial charge in [-0.1, -0.05) is 32.1 Å². The normalized spacial score (nSPS) is 23.7. The van der Waals surface area contributed by atoms with E-state index in [9.17, 15) is 0 Å². The Hall–Kier alpha value is -0.820. The molecule has 2 aliphatic carbocycles. The number of rotatable bonds is 0. The largest absolute Gasteiger partial charge is 0.344 e. The van der Waals surface area contributed by atoms with Crippen molar-refractivity contribution in [3.8, 4) is 0 Å². The maximum absolute atomic E-state index is 2.29. The van der Waals surface area contributed by atoms with Crippen molar-refractivity contribution < 1.29 is 0 Å². The van der Waals surface area contributed by atoms with Gasteiger partial charge in [0.25, 0.3) is 0 Å². The van der Waals surface area contributed by atoms with Gasteiger partial charge in [0.1, 0.15) is 0 Å². The molecule has 0 fully saturated rings. The van der Waals surface area contributed by atoms with Crippen LogP contribution in [0.2, 0.25) is 0 Å². The van der Waals surface area contributed by atoms with E-state index in [0.29, 0.717) is 5.41 Å². The summed E-state index contributed by atoms with van der Waals surface area (Å²) >= 11 is 0. The fourth-order valence-electron chi connectivity index (χ4n) is 1.91. The first kappa shape index (κ1) is 8.28. The van der Waals surface area contributed by atoms with E-state index in [4.69, 9.17) is 0 Å². The van der Waals surface area contributed by atoms with Crippen molar-refractivity contribution in [3.63, 3.8) is 0 Å². The molecule has 0 amide bonds. The van der Waals surface area contributed by atoms with Crippen molar-refractivity contribution >= 4 is 0 Å². The van der Waals surface area contributed by atoms with Crippen LogP contribution in [0.1, 0.15) is 20.8 Å². The van der Waals surface area contributed by atoms with Crippen molar-refractivity contribution in [2.24, 2.45) is 5.41 Å². The zero-order valence-corrected chi connectivity index (χ0v) is 7.44. The zero-order valence-electron chi connectivity index (χ0n) is 7.44. The van der Waals surface area contributed by atoms with E-state index < -0.39 is 0 Å². The monoisotopic (exact) mass is 149 g/mol. The summed E-state index contributed by atoms with van der Waals surface area (Å²) in [5.41, 5.74) is 4.74. The Labute approximate surface area is 68.1 Å². The average Bonchev–Trinajstić information content (AvgIpc) is 2.20. The number of fused-ring (bicyclic) bond motifs is 2. The SMILES string of the molecule is CC1=C2C=CC(=C1)C2(C)C.N. The highest BCUT2D eigenvalue weighted by molar-refractivity contribution is 5.60. The van der Waals surface area contributed by atoms with Crippen molar-refractivity contribution in [3.05, 3.63) is 34.9 Å². The number of allylic oxidation sites excluding steroid dienone is 6. The van der Waals surface area contributed by atoms with Gasteiger partial charge in [0.2, 0.25) is 0 Å². The lowest BCUT2D eigenvalue weighted by molar-refractivity contribution is 0.591. The van der Waals surface area contributed by atoms with E-state index in [1.165, 1.54) is 16.7 Å². The fraction of sp³-hybridized carbons (Fsp3) is 0.400. The summed E-state index contributed by atoms with van der Waals surface area (Å²) < 4.78 is 0. The minimum absolute atomic E-state index is 0. The minimum Gasteiger partial charge on any atom is -0.344 e. The Morgan fingerprint density at radius 1 is 1.18 bits per heavy atom. The molecule has 1 heteroatoms. The molecule has 2 aliphatic rings. The molecular formula is C10H15N. The molecule has 0 aromatic carbocycles. The number of hydrogen-bond acceptors (Lipinski definition) is 1. The van der Waals surface area contributed by atoms with Crippen LogP contribution >= 0.6 is 0 Å². The molecule has 60 valence electrons. The molecule has 0 aromatic heterocycles. The van der Waals surface area contributed by atoms with Gasteiger partial charge in [-0.3, -0.25) is 0 Å². The van der Waals surface area contributed by atoms with Crippen molar-refractivity contribution in [1.29, 1.82) is 0 Å². The Kier molecular flexibility index (Phi) is 1.57. The van der Waals surface area contributed by atoms with Crippen LogP contribution in [0.5, 0.6) is 0 Å². The predicted octanol–water partition coefficient (Wildman–Crippen LogP) is 3.00. The lowest BCUT2D eigenvalue weighted by Gasteiger charge is -2.17. The maximum atomic E-state index is 2.29. The Morgan fingerprint density at radius 2 is 1.82 bits per heavy atom. The van der Waals surface area contributed by atoms with E-state index in [0.717, 1.165) is 0 Å². The first-order valence-electron chi connectivity index (χ1n) is 3.74. The molecule has 0 unspecified atom stereocenters. The van der Waals surface area contributed by atoms with E-state index in [1.54, 1.807) is 0 Å². The van der Waals surface area contributed by atoms with Gasteiger partial charge in [0.05, 0.1) is 0 Å². The summed E-state index contributed by atoms with van der Waals surface area (Å²) in [4.78, 5) is 0. The molecule has 2 rings (SSSR count). The third kappa shape index (κ3) is 0.809. The summed E-state index contributed by atoms with van der Waals surface area (Å²) in [6, 6.07) is 0. The quantitative estimate of drug-likeness (QED) is 0.564. The summed E-state index contributed by atoms with van der Waals surface area (Å²) in [7, 11) is 0. The van der Waals surface area contributed by atoms with Gasteiger partial charge in [-0.2, -0.15) is 0 Å². The van der Waals surface area contributed by atoms with Crippen molar-refractivity contribution in [2.75, 3.05) is 0 Å². The van der Waals surface area contributed by atoms with Crippen LogP contribution in [0, 0.1) is 5.41 Å². The second-order valence-electron chi connectivity index (χ2n) is 3.65. The van der Waals surface area contributed by atoms with Crippen molar-refractivity contribution in [2.45, 2.75) is 20.8 Å². The number of hydrogen-bond donors (Lipinski definition) is 1. The molecule has 0 spiro atoms. The van der Waals surface area contributed by atoms with Gasteiger partial charge in [-0.15, -0.1) is 0 Å². The molecule has 0 saturated carbocycles. The Morgan fingerprint density at radius 3 is 2.00 bits per heavy atom. The third-order valence-corrected chi connectivity index (χ3v) is 2.62. The molecule has 0 heterocycles. The smallest absolute Gasteiger partial charge is 0.0149 e. The van der Waals surface area contributed by atoms with Gasteiger partial charge < -0.3 is 6.15 Å². The second kappa shape index (κ2) is 2.08. The highest BCUT2D eigenvalue weighted by Gasteiger charge is 2.34. The van der Waals surface area contributed by atoms with Crippen LogP contribution in [-0.4, -0.2) is 0 Å². The molecule has 0 atom stereocenters. The van der Waals surface area contributed by atoms with E-state index in [2.05, 4.69) is 39.0 Å². The molecule has 0 saturated heterocycles. The van der Waals surface area contributed by atoms with Crippen molar-refractivity contribution in [1.82, 2.24) is 6.15 Å². The molecule has 0 radical (unpaired) electrons. The highest BCUT2D eigenvalue weighted by atomic mass is 14.4. The van der Waals surface area contributed by atoms with E-state index >= 15 is 0 Å². The molecule has 2 bridgehead atoms.